The summed E-state index contributed by atoms with van der Waals surface area (Å²) in [6, 6.07) is 8.83. The van der Waals surface area contributed by atoms with Gasteiger partial charge >= 0.3 is 0 Å². The number of halogens is 1. The fourth-order valence-electron chi connectivity index (χ4n) is 4.44. The number of guanidine groups is 1. The number of aliphatic imine (C=N–C) groups is 1. The molecule has 0 bridgehead atoms. The number of methoxy groups -OCH3 is 1. The predicted molar refractivity (Wildman–Crippen MR) is 138 cm³/mol. The third-order valence-corrected chi connectivity index (χ3v) is 6.20. The van der Waals surface area contributed by atoms with Crippen molar-refractivity contribution in [2.45, 2.75) is 57.7 Å². The molecule has 1 aromatic rings. The van der Waals surface area contributed by atoms with Crippen molar-refractivity contribution in [1.29, 1.82) is 0 Å². The summed E-state index contributed by atoms with van der Waals surface area (Å²) >= 11 is 0. The molecule has 0 amide bonds. The van der Waals surface area contributed by atoms with Crippen molar-refractivity contribution in [3.8, 4) is 0 Å². The highest BCUT2D eigenvalue weighted by Gasteiger charge is 2.22. The van der Waals surface area contributed by atoms with Gasteiger partial charge in [0, 0.05) is 53.6 Å². The summed E-state index contributed by atoms with van der Waals surface area (Å²) in [7, 11) is 3.62. The van der Waals surface area contributed by atoms with Crippen molar-refractivity contribution in [3.05, 3.63) is 35.4 Å². The number of likely N-dealkylation sites (tertiary alicyclic amines) is 2. The molecule has 0 unspecified atom stereocenters. The van der Waals surface area contributed by atoms with Crippen molar-refractivity contribution in [2.75, 3.05) is 53.6 Å². The van der Waals surface area contributed by atoms with E-state index in [9.17, 15) is 0 Å². The fraction of sp³-hybridized carbons (Fsp3) is 0.708. The molecule has 2 aliphatic heterocycles. The Kier molecular flexibility index (Phi) is 12.8. The van der Waals surface area contributed by atoms with E-state index in [1.165, 1.54) is 43.5 Å². The zero-order chi connectivity index (χ0) is 21.0. The first-order chi connectivity index (χ1) is 14.8. The van der Waals surface area contributed by atoms with Crippen LogP contribution in [0.5, 0.6) is 0 Å². The van der Waals surface area contributed by atoms with Crippen LogP contribution in [-0.4, -0.2) is 75.4 Å². The number of piperidine rings is 2. The summed E-state index contributed by atoms with van der Waals surface area (Å²) in [5.74, 6) is 1.00. The lowest BCUT2D eigenvalue weighted by molar-refractivity contribution is 0.00989. The van der Waals surface area contributed by atoms with Gasteiger partial charge in [0.05, 0.1) is 6.10 Å². The van der Waals surface area contributed by atoms with E-state index in [2.05, 4.69) is 44.4 Å². The Morgan fingerprint density at radius 3 is 2.42 bits per heavy atom. The van der Waals surface area contributed by atoms with Gasteiger partial charge in [-0.25, -0.2) is 0 Å². The molecule has 0 atom stereocenters. The second kappa shape index (κ2) is 15.0. The van der Waals surface area contributed by atoms with Crippen molar-refractivity contribution < 1.29 is 9.47 Å². The second-order valence-corrected chi connectivity index (χ2v) is 8.41. The van der Waals surface area contributed by atoms with Crippen molar-refractivity contribution >= 4 is 29.9 Å². The van der Waals surface area contributed by atoms with Gasteiger partial charge in [-0.1, -0.05) is 30.7 Å². The van der Waals surface area contributed by atoms with Crippen LogP contribution < -0.4 is 5.32 Å². The number of nitrogens with one attached hydrogen (secondary N) is 1. The van der Waals surface area contributed by atoms with Crippen molar-refractivity contribution in [2.24, 2.45) is 4.99 Å². The van der Waals surface area contributed by atoms with Crippen LogP contribution in [0, 0.1) is 0 Å². The van der Waals surface area contributed by atoms with Crippen LogP contribution in [0.1, 0.15) is 49.7 Å². The van der Waals surface area contributed by atoms with Gasteiger partial charge in [0.1, 0.15) is 0 Å². The minimum atomic E-state index is 0. The van der Waals surface area contributed by atoms with Crippen LogP contribution in [0.4, 0.5) is 0 Å². The molecule has 0 aromatic heterocycles. The monoisotopic (exact) mass is 544 g/mol. The van der Waals surface area contributed by atoms with Crippen LogP contribution >= 0.6 is 24.0 Å². The van der Waals surface area contributed by atoms with Crippen LogP contribution in [0.2, 0.25) is 0 Å². The smallest absolute Gasteiger partial charge is 0.193 e. The SMILES string of the molecule is CN=C(NCc1ccccc1CN1CCCCC1)N1CCC(OCCCOC)CC1.I. The molecule has 6 nitrogen and oxygen atoms in total. The fourth-order valence-corrected chi connectivity index (χ4v) is 4.44. The van der Waals surface area contributed by atoms with Crippen LogP contribution in [0.3, 0.4) is 0 Å². The normalized spacial score (nSPS) is 18.6. The molecule has 0 spiro atoms. The van der Waals surface area contributed by atoms with Gasteiger partial charge in [0.15, 0.2) is 5.96 Å². The molecule has 2 heterocycles. The Morgan fingerprint density at radius 2 is 1.74 bits per heavy atom. The Morgan fingerprint density at radius 1 is 1.03 bits per heavy atom. The lowest BCUT2D eigenvalue weighted by Crippen LogP contribution is -2.46. The molecule has 1 N–H and O–H groups in total. The molecular weight excluding hydrogens is 503 g/mol. The van der Waals surface area contributed by atoms with E-state index in [1.807, 2.05) is 7.05 Å². The molecule has 0 saturated carbocycles. The largest absolute Gasteiger partial charge is 0.385 e. The van der Waals surface area contributed by atoms with Crippen LogP contribution in [-0.2, 0) is 22.6 Å². The molecule has 0 radical (unpaired) electrons. The summed E-state index contributed by atoms with van der Waals surface area (Å²) in [4.78, 5) is 9.50. The minimum Gasteiger partial charge on any atom is -0.385 e. The molecule has 3 rings (SSSR count). The lowest BCUT2D eigenvalue weighted by atomic mass is 10.0. The number of nitrogens with zero attached hydrogens (tertiary/aromatic N) is 3. The van der Waals surface area contributed by atoms with Gasteiger partial charge in [-0.05, 0) is 56.3 Å². The highest BCUT2D eigenvalue weighted by atomic mass is 127. The van der Waals surface area contributed by atoms with E-state index in [-0.39, 0.29) is 24.0 Å². The van der Waals surface area contributed by atoms with E-state index in [0.717, 1.165) is 64.6 Å². The average Bonchev–Trinajstić information content (AvgIpc) is 2.80. The summed E-state index contributed by atoms with van der Waals surface area (Å²) < 4.78 is 11.1. The highest BCUT2D eigenvalue weighted by molar-refractivity contribution is 14.0. The molecule has 31 heavy (non-hydrogen) atoms. The zero-order valence-corrected chi connectivity index (χ0v) is 21.7. The number of hydrogen-bond donors (Lipinski definition) is 1. The van der Waals surface area contributed by atoms with Crippen molar-refractivity contribution in [3.63, 3.8) is 0 Å². The molecule has 7 heteroatoms. The van der Waals surface area contributed by atoms with Gasteiger partial charge in [-0.3, -0.25) is 9.89 Å². The van der Waals surface area contributed by atoms with Gasteiger partial charge in [0.2, 0.25) is 0 Å². The quantitative estimate of drug-likeness (QED) is 0.221. The average molecular weight is 545 g/mol. The summed E-state index contributed by atoms with van der Waals surface area (Å²) in [6.45, 7) is 7.88. The lowest BCUT2D eigenvalue weighted by Gasteiger charge is -2.34. The molecule has 2 aliphatic rings. The summed E-state index contributed by atoms with van der Waals surface area (Å²) in [5.41, 5.74) is 2.81. The van der Waals surface area contributed by atoms with E-state index < -0.39 is 0 Å². The Hall–Kier alpha value is -0.900. The third-order valence-electron chi connectivity index (χ3n) is 6.20. The first-order valence-electron chi connectivity index (χ1n) is 11.7. The number of benzene rings is 1. The van der Waals surface area contributed by atoms with Gasteiger partial charge < -0.3 is 19.7 Å². The van der Waals surface area contributed by atoms with E-state index in [4.69, 9.17) is 9.47 Å². The van der Waals surface area contributed by atoms with Gasteiger partial charge in [-0.15, -0.1) is 24.0 Å². The topological polar surface area (TPSA) is 49.3 Å². The Balaban J connectivity index is 0.00000341. The van der Waals surface area contributed by atoms with Gasteiger partial charge in [0.25, 0.3) is 0 Å². The standard InChI is InChI=1S/C24H40N4O2.HI/c1-25-24(28-15-11-23(12-16-28)30-18-8-17-29-2)26-19-21-9-4-5-10-22(21)20-27-13-6-3-7-14-27;/h4-5,9-10,23H,3,6-8,11-20H2,1-2H3,(H,25,26);1H. The van der Waals surface area contributed by atoms with Gasteiger partial charge in [-0.2, -0.15) is 0 Å². The van der Waals surface area contributed by atoms with E-state index in [1.54, 1.807) is 7.11 Å². The molecule has 176 valence electrons. The van der Waals surface area contributed by atoms with Crippen LogP contribution in [0.25, 0.3) is 0 Å². The molecule has 2 fully saturated rings. The maximum absolute atomic E-state index is 5.99. The van der Waals surface area contributed by atoms with E-state index in [0.29, 0.717) is 6.10 Å². The first kappa shape index (κ1) is 26.4. The maximum atomic E-state index is 5.99. The first-order valence-corrected chi connectivity index (χ1v) is 11.7. The molecule has 1 aromatic carbocycles. The van der Waals surface area contributed by atoms with Crippen LogP contribution in [0.15, 0.2) is 29.3 Å². The number of ether oxygens (including phenoxy) is 2. The third kappa shape index (κ3) is 8.86. The minimum absolute atomic E-state index is 0. The Bertz CT molecular complexity index is 644. The molecule has 0 aliphatic carbocycles. The number of hydrogen-bond acceptors (Lipinski definition) is 4. The van der Waals surface area contributed by atoms with E-state index >= 15 is 0 Å². The predicted octanol–water partition coefficient (Wildman–Crippen LogP) is 3.88. The molecule has 2 saturated heterocycles. The maximum Gasteiger partial charge on any atom is 0.193 e. The summed E-state index contributed by atoms with van der Waals surface area (Å²) in [5, 5.41) is 3.61. The zero-order valence-electron chi connectivity index (χ0n) is 19.4. The molecular formula is C24H41IN4O2. The highest BCUT2D eigenvalue weighted by Crippen LogP contribution is 2.17. The van der Waals surface area contributed by atoms with Crippen molar-refractivity contribution in [1.82, 2.24) is 15.1 Å². The Labute approximate surface area is 205 Å². The summed E-state index contributed by atoms with van der Waals surface area (Å²) in [6.07, 6.45) is 7.49. The number of rotatable bonds is 9. The second-order valence-electron chi connectivity index (χ2n) is 8.41.